The molecule has 0 spiro atoms. The first kappa shape index (κ1) is 15.7. The van der Waals surface area contributed by atoms with E-state index in [2.05, 4.69) is 10.1 Å². The molecule has 3 rings (SSSR count). The quantitative estimate of drug-likeness (QED) is 0.811. The van der Waals surface area contributed by atoms with Gasteiger partial charge >= 0.3 is 5.97 Å². The number of pyridine rings is 1. The molecule has 0 bridgehead atoms. The van der Waals surface area contributed by atoms with Gasteiger partial charge in [-0.05, 0) is 51.3 Å². The van der Waals surface area contributed by atoms with Crippen molar-refractivity contribution in [1.82, 2.24) is 14.8 Å². The van der Waals surface area contributed by atoms with E-state index in [1.54, 1.807) is 23.9 Å². The zero-order chi connectivity index (χ0) is 16.4. The highest BCUT2D eigenvalue weighted by Gasteiger charge is 2.30. The van der Waals surface area contributed by atoms with Crippen LogP contribution in [0.4, 0.5) is 0 Å². The predicted molar refractivity (Wildman–Crippen MR) is 84.7 cm³/mol. The SMILES string of the molecule is CO[C@@H]1CCC[C@H]1OC(=O)c1ccc(-n2nc(C)cc2C)nc1. The molecule has 0 aliphatic heterocycles. The Morgan fingerprint density at radius 1 is 1.26 bits per heavy atom. The van der Waals surface area contributed by atoms with E-state index in [1.807, 2.05) is 19.9 Å². The molecule has 0 N–H and O–H groups in total. The number of ether oxygens (including phenoxy) is 2. The molecule has 122 valence electrons. The van der Waals surface area contributed by atoms with Gasteiger partial charge in [0, 0.05) is 19.0 Å². The number of aryl methyl sites for hydroxylation is 2. The lowest BCUT2D eigenvalue weighted by atomic mass is 10.2. The maximum Gasteiger partial charge on any atom is 0.340 e. The third-order valence-electron chi connectivity index (χ3n) is 4.16. The first-order valence-electron chi connectivity index (χ1n) is 7.82. The van der Waals surface area contributed by atoms with Gasteiger partial charge < -0.3 is 9.47 Å². The summed E-state index contributed by atoms with van der Waals surface area (Å²) >= 11 is 0. The molecule has 6 nitrogen and oxygen atoms in total. The van der Waals surface area contributed by atoms with Gasteiger partial charge in [0.1, 0.15) is 6.10 Å². The molecule has 0 amide bonds. The van der Waals surface area contributed by atoms with E-state index in [1.165, 1.54) is 6.20 Å². The lowest BCUT2D eigenvalue weighted by molar-refractivity contribution is -0.0207. The Labute approximate surface area is 135 Å². The lowest BCUT2D eigenvalue weighted by Gasteiger charge is -2.18. The van der Waals surface area contributed by atoms with E-state index >= 15 is 0 Å². The second-order valence-corrected chi connectivity index (χ2v) is 5.89. The van der Waals surface area contributed by atoms with Crippen molar-refractivity contribution in [2.24, 2.45) is 0 Å². The van der Waals surface area contributed by atoms with E-state index in [9.17, 15) is 4.79 Å². The van der Waals surface area contributed by atoms with Crippen LogP contribution in [0.15, 0.2) is 24.4 Å². The molecule has 1 aliphatic carbocycles. The zero-order valence-corrected chi connectivity index (χ0v) is 13.7. The molecule has 2 aromatic heterocycles. The molecular formula is C17H21N3O3. The fraction of sp³-hybridized carbons (Fsp3) is 0.471. The maximum absolute atomic E-state index is 12.2. The average Bonchev–Trinajstić information content (AvgIpc) is 3.13. The number of carbonyl (C=O) groups is 1. The summed E-state index contributed by atoms with van der Waals surface area (Å²) in [6, 6.07) is 5.48. The number of carbonyl (C=O) groups excluding carboxylic acids is 1. The standard InChI is InChI=1S/C17H21N3O3/c1-11-9-12(2)20(19-11)16-8-7-13(10-18-16)17(21)23-15-6-4-5-14(15)22-3/h7-10,14-15H,4-6H2,1-3H3/t14-,15-/m1/s1. The molecule has 0 aromatic carbocycles. The first-order valence-corrected chi connectivity index (χ1v) is 7.82. The zero-order valence-electron chi connectivity index (χ0n) is 13.7. The van der Waals surface area contributed by atoms with Gasteiger partial charge in [0.15, 0.2) is 5.82 Å². The Kier molecular flexibility index (Phi) is 4.43. The molecule has 0 radical (unpaired) electrons. The van der Waals surface area contributed by atoms with E-state index < -0.39 is 0 Å². The van der Waals surface area contributed by atoms with Crippen LogP contribution in [0.1, 0.15) is 41.0 Å². The van der Waals surface area contributed by atoms with Crippen LogP contribution in [0.5, 0.6) is 0 Å². The van der Waals surface area contributed by atoms with Gasteiger partial charge in [-0.25, -0.2) is 14.5 Å². The van der Waals surface area contributed by atoms with E-state index in [0.717, 1.165) is 30.7 Å². The third-order valence-corrected chi connectivity index (χ3v) is 4.16. The van der Waals surface area contributed by atoms with Crippen molar-refractivity contribution in [3.05, 3.63) is 41.3 Å². The van der Waals surface area contributed by atoms with Crippen molar-refractivity contribution < 1.29 is 14.3 Å². The van der Waals surface area contributed by atoms with Gasteiger partial charge in [0.2, 0.25) is 0 Å². The minimum absolute atomic E-state index is 0.000816. The Morgan fingerprint density at radius 2 is 2.04 bits per heavy atom. The van der Waals surface area contributed by atoms with Gasteiger partial charge in [-0.15, -0.1) is 0 Å². The van der Waals surface area contributed by atoms with Crippen LogP contribution < -0.4 is 0 Å². The Bertz CT molecular complexity index is 694. The van der Waals surface area contributed by atoms with E-state index in [0.29, 0.717) is 11.4 Å². The lowest BCUT2D eigenvalue weighted by Crippen LogP contribution is -2.27. The molecule has 1 fully saturated rings. The fourth-order valence-corrected chi connectivity index (χ4v) is 2.99. The normalized spacial score (nSPS) is 20.7. The van der Waals surface area contributed by atoms with Gasteiger partial charge in [-0.2, -0.15) is 5.10 Å². The summed E-state index contributed by atoms with van der Waals surface area (Å²) in [4.78, 5) is 16.6. The monoisotopic (exact) mass is 315 g/mol. The highest BCUT2D eigenvalue weighted by molar-refractivity contribution is 5.89. The highest BCUT2D eigenvalue weighted by Crippen LogP contribution is 2.25. The summed E-state index contributed by atoms with van der Waals surface area (Å²) in [5.41, 5.74) is 2.37. The second kappa shape index (κ2) is 6.50. The van der Waals surface area contributed by atoms with Crippen molar-refractivity contribution in [2.75, 3.05) is 7.11 Å². The number of rotatable bonds is 4. The van der Waals surface area contributed by atoms with Crippen molar-refractivity contribution in [2.45, 2.75) is 45.3 Å². The molecular weight excluding hydrogens is 294 g/mol. The van der Waals surface area contributed by atoms with Crippen LogP contribution in [0.3, 0.4) is 0 Å². The molecule has 2 heterocycles. The first-order chi connectivity index (χ1) is 11.1. The van der Waals surface area contributed by atoms with Crippen molar-refractivity contribution >= 4 is 5.97 Å². The van der Waals surface area contributed by atoms with Crippen LogP contribution in [0.2, 0.25) is 0 Å². The summed E-state index contributed by atoms with van der Waals surface area (Å²) in [6.45, 7) is 3.90. The fourth-order valence-electron chi connectivity index (χ4n) is 2.99. The summed E-state index contributed by atoms with van der Waals surface area (Å²) in [7, 11) is 1.65. The van der Waals surface area contributed by atoms with Crippen LogP contribution in [-0.4, -0.2) is 40.1 Å². The molecule has 2 atom stereocenters. The van der Waals surface area contributed by atoms with Gasteiger partial charge in [-0.3, -0.25) is 0 Å². The molecule has 0 unspecified atom stereocenters. The molecule has 1 aliphatic rings. The number of nitrogens with zero attached hydrogens (tertiary/aromatic N) is 3. The minimum atomic E-state index is -0.355. The number of esters is 1. The van der Waals surface area contributed by atoms with Gasteiger partial charge in [0.25, 0.3) is 0 Å². The summed E-state index contributed by atoms with van der Waals surface area (Å²) < 4.78 is 12.6. The Balaban J connectivity index is 1.72. The molecule has 6 heteroatoms. The summed E-state index contributed by atoms with van der Waals surface area (Å²) in [6.07, 6.45) is 4.17. The molecule has 0 saturated heterocycles. The predicted octanol–water partition coefficient (Wildman–Crippen LogP) is 2.61. The van der Waals surface area contributed by atoms with Crippen LogP contribution in [-0.2, 0) is 9.47 Å². The van der Waals surface area contributed by atoms with E-state index in [-0.39, 0.29) is 18.2 Å². The number of aromatic nitrogens is 3. The maximum atomic E-state index is 12.2. The Hall–Kier alpha value is -2.21. The summed E-state index contributed by atoms with van der Waals surface area (Å²) in [5.74, 6) is 0.328. The number of hydrogen-bond donors (Lipinski definition) is 0. The van der Waals surface area contributed by atoms with Crippen LogP contribution >= 0.6 is 0 Å². The third kappa shape index (κ3) is 3.27. The van der Waals surface area contributed by atoms with Gasteiger partial charge in [0.05, 0.1) is 17.4 Å². The summed E-state index contributed by atoms with van der Waals surface area (Å²) in [5, 5.41) is 4.38. The van der Waals surface area contributed by atoms with Gasteiger partial charge in [-0.1, -0.05) is 0 Å². The van der Waals surface area contributed by atoms with Crippen molar-refractivity contribution in [3.63, 3.8) is 0 Å². The molecule has 1 saturated carbocycles. The smallest absolute Gasteiger partial charge is 0.340 e. The van der Waals surface area contributed by atoms with Crippen molar-refractivity contribution in [1.29, 1.82) is 0 Å². The number of methoxy groups -OCH3 is 1. The molecule has 2 aromatic rings. The van der Waals surface area contributed by atoms with Crippen LogP contribution in [0, 0.1) is 13.8 Å². The number of hydrogen-bond acceptors (Lipinski definition) is 5. The van der Waals surface area contributed by atoms with E-state index in [4.69, 9.17) is 9.47 Å². The largest absolute Gasteiger partial charge is 0.456 e. The average molecular weight is 315 g/mol. The second-order valence-electron chi connectivity index (χ2n) is 5.89. The topological polar surface area (TPSA) is 66.2 Å². The Morgan fingerprint density at radius 3 is 2.65 bits per heavy atom. The molecule has 23 heavy (non-hydrogen) atoms. The van der Waals surface area contributed by atoms with Crippen LogP contribution in [0.25, 0.3) is 5.82 Å². The minimum Gasteiger partial charge on any atom is -0.456 e. The van der Waals surface area contributed by atoms with Crippen molar-refractivity contribution in [3.8, 4) is 5.82 Å². The highest BCUT2D eigenvalue weighted by atomic mass is 16.6.